The molecule has 0 aromatic rings. The Kier molecular flexibility index (Phi) is 1.46. The van der Waals surface area contributed by atoms with Crippen molar-refractivity contribution in [3.63, 3.8) is 0 Å². The molecule has 58 valence electrons. The molecular weight excluding hydrogens is 128 g/mol. The Labute approximate surface area is 60.9 Å². The summed E-state index contributed by atoms with van der Waals surface area (Å²) < 4.78 is 0. The van der Waals surface area contributed by atoms with Gasteiger partial charge in [0.05, 0.1) is 12.2 Å². The average Bonchev–Trinajstić information content (AvgIpc) is 1.91. The summed E-state index contributed by atoms with van der Waals surface area (Å²) in [5.74, 6) is 0.806. The van der Waals surface area contributed by atoms with Crippen LogP contribution >= 0.6 is 0 Å². The first-order valence-electron chi connectivity index (χ1n) is 4.13. The second kappa shape index (κ2) is 2.21. The zero-order valence-electron chi connectivity index (χ0n) is 6.03. The lowest BCUT2D eigenvalue weighted by atomic mass is 9.67. The largest absolute Gasteiger partial charge is 0.393 e. The van der Waals surface area contributed by atoms with Gasteiger partial charge >= 0.3 is 0 Å². The Bertz CT molecular complexity index is 119. The van der Waals surface area contributed by atoms with Crippen molar-refractivity contribution in [3.8, 4) is 0 Å². The van der Waals surface area contributed by atoms with Gasteiger partial charge in [-0.3, -0.25) is 0 Å². The van der Waals surface area contributed by atoms with Crippen LogP contribution in [-0.2, 0) is 0 Å². The summed E-state index contributed by atoms with van der Waals surface area (Å²) >= 11 is 0. The molecule has 0 saturated heterocycles. The standard InChI is InChI=1S/C8H14O2/c9-7-4-6-2-1-5(7)3-8(6)10/h5-10H,1-4H2/t5-,6-,7-,8-/m0/s1. The third-order valence-corrected chi connectivity index (χ3v) is 3.09. The van der Waals surface area contributed by atoms with E-state index in [1.807, 2.05) is 0 Å². The molecule has 3 fully saturated rings. The third-order valence-electron chi connectivity index (χ3n) is 3.09. The lowest BCUT2D eigenvalue weighted by molar-refractivity contribution is -0.0715. The van der Waals surface area contributed by atoms with Crippen molar-refractivity contribution >= 4 is 0 Å². The fourth-order valence-electron chi connectivity index (χ4n) is 2.37. The molecule has 3 saturated carbocycles. The van der Waals surface area contributed by atoms with Gasteiger partial charge in [-0.05, 0) is 37.5 Å². The summed E-state index contributed by atoms with van der Waals surface area (Å²) in [6.45, 7) is 0. The molecule has 0 amide bonds. The fraction of sp³-hybridized carbons (Fsp3) is 1.00. The number of fused-ring (bicyclic) bond motifs is 3. The second-order valence-corrected chi connectivity index (χ2v) is 3.70. The van der Waals surface area contributed by atoms with E-state index in [9.17, 15) is 10.2 Å². The molecule has 0 radical (unpaired) electrons. The molecule has 0 aliphatic heterocycles. The minimum Gasteiger partial charge on any atom is -0.393 e. The first-order valence-corrected chi connectivity index (χ1v) is 4.13. The molecule has 3 aliphatic carbocycles. The topological polar surface area (TPSA) is 40.5 Å². The fourth-order valence-corrected chi connectivity index (χ4v) is 2.37. The molecule has 0 aromatic carbocycles. The van der Waals surface area contributed by atoms with Crippen LogP contribution in [0.1, 0.15) is 25.7 Å². The maximum Gasteiger partial charge on any atom is 0.0573 e. The average molecular weight is 142 g/mol. The number of rotatable bonds is 0. The maximum absolute atomic E-state index is 9.41. The van der Waals surface area contributed by atoms with E-state index in [4.69, 9.17) is 0 Å². The van der Waals surface area contributed by atoms with Gasteiger partial charge in [-0.2, -0.15) is 0 Å². The predicted molar refractivity (Wildman–Crippen MR) is 37.5 cm³/mol. The lowest BCUT2D eigenvalue weighted by Crippen LogP contribution is -2.43. The van der Waals surface area contributed by atoms with E-state index >= 15 is 0 Å². The van der Waals surface area contributed by atoms with Crippen molar-refractivity contribution in [3.05, 3.63) is 0 Å². The first kappa shape index (κ1) is 6.62. The molecule has 2 heteroatoms. The Hall–Kier alpha value is -0.0800. The van der Waals surface area contributed by atoms with Crippen molar-refractivity contribution in [1.29, 1.82) is 0 Å². The smallest absolute Gasteiger partial charge is 0.0573 e. The van der Waals surface area contributed by atoms with E-state index in [0.717, 1.165) is 25.7 Å². The molecule has 3 rings (SSSR count). The molecule has 3 aliphatic rings. The van der Waals surface area contributed by atoms with Crippen molar-refractivity contribution in [1.82, 2.24) is 0 Å². The SMILES string of the molecule is O[C@H]1C[C@@H]2CC[C@H]1C[C@@H]2O. The Balaban J connectivity index is 2.09. The molecule has 4 atom stereocenters. The number of aliphatic hydroxyl groups is 2. The molecule has 2 N–H and O–H groups in total. The summed E-state index contributed by atoms with van der Waals surface area (Å²) in [6, 6.07) is 0. The van der Waals surface area contributed by atoms with E-state index in [2.05, 4.69) is 0 Å². The van der Waals surface area contributed by atoms with Gasteiger partial charge in [0, 0.05) is 0 Å². The van der Waals surface area contributed by atoms with Crippen molar-refractivity contribution in [2.24, 2.45) is 11.8 Å². The Morgan fingerprint density at radius 1 is 0.800 bits per heavy atom. The van der Waals surface area contributed by atoms with Crippen LogP contribution in [-0.4, -0.2) is 22.4 Å². The highest BCUT2D eigenvalue weighted by molar-refractivity contribution is 4.91. The van der Waals surface area contributed by atoms with Crippen LogP contribution in [0.15, 0.2) is 0 Å². The summed E-state index contributed by atoms with van der Waals surface area (Å²) in [5.41, 5.74) is 0. The van der Waals surface area contributed by atoms with E-state index in [0.29, 0.717) is 11.8 Å². The van der Waals surface area contributed by atoms with Crippen LogP contribution in [0.3, 0.4) is 0 Å². The van der Waals surface area contributed by atoms with Crippen molar-refractivity contribution in [2.75, 3.05) is 0 Å². The lowest BCUT2D eigenvalue weighted by Gasteiger charge is -2.42. The third kappa shape index (κ3) is 0.867. The van der Waals surface area contributed by atoms with Crippen molar-refractivity contribution < 1.29 is 10.2 Å². The summed E-state index contributed by atoms with van der Waals surface area (Å²) in [6.07, 6.45) is 3.72. The zero-order chi connectivity index (χ0) is 7.14. The van der Waals surface area contributed by atoms with Crippen molar-refractivity contribution in [2.45, 2.75) is 37.9 Å². The van der Waals surface area contributed by atoms with Gasteiger partial charge in [-0.25, -0.2) is 0 Å². The normalized spacial score (nSPS) is 53.4. The van der Waals surface area contributed by atoms with E-state index < -0.39 is 0 Å². The van der Waals surface area contributed by atoms with Gasteiger partial charge in [0.15, 0.2) is 0 Å². The van der Waals surface area contributed by atoms with Gasteiger partial charge in [0.25, 0.3) is 0 Å². The molecule has 0 spiro atoms. The maximum atomic E-state index is 9.41. The molecule has 2 bridgehead atoms. The summed E-state index contributed by atoms with van der Waals surface area (Å²) in [5, 5.41) is 18.8. The van der Waals surface area contributed by atoms with Crippen LogP contribution in [0, 0.1) is 11.8 Å². The highest BCUT2D eigenvalue weighted by atomic mass is 16.3. The highest BCUT2D eigenvalue weighted by Gasteiger charge is 2.39. The van der Waals surface area contributed by atoms with E-state index in [1.54, 1.807) is 0 Å². The monoisotopic (exact) mass is 142 g/mol. The quantitative estimate of drug-likeness (QED) is 0.518. The summed E-state index contributed by atoms with van der Waals surface area (Å²) in [7, 11) is 0. The minimum atomic E-state index is -0.109. The Morgan fingerprint density at radius 2 is 1.20 bits per heavy atom. The van der Waals surface area contributed by atoms with Gasteiger partial charge in [-0.15, -0.1) is 0 Å². The van der Waals surface area contributed by atoms with Crippen LogP contribution in [0.2, 0.25) is 0 Å². The van der Waals surface area contributed by atoms with E-state index in [-0.39, 0.29) is 12.2 Å². The molecule has 0 unspecified atom stereocenters. The van der Waals surface area contributed by atoms with Gasteiger partial charge in [0.1, 0.15) is 0 Å². The van der Waals surface area contributed by atoms with Crippen LogP contribution in [0.5, 0.6) is 0 Å². The van der Waals surface area contributed by atoms with Crippen LogP contribution in [0.4, 0.5) is 0 Å². The van der Waals surface area contributed by atoms with E-state index in [1.165, 1.54) is 0 Å². The van der Waals surface area contributed by atoms with Gasteiger partial charge < -0.3 is 10.2 Å². The molecule has 0 heterocycles. The summed E-state index contributed by atoms with van der Waals surface area (Å²) in [4.78, 5) is 0. The number of hydrogen-bond donors (Lipinski definition) is 2. The van der Waals surface area contributed by atoms with Crippen LogP contribution < -0.4 is 0 Å². The molecule has 10 heavy (non-hydrogen) atoms. The highest BCUT2D eigenvalue weighted by Crippen LogP contribution is 2.41. The number of hydrogen-bond acceptors (Lipinski definition) is 2. The van der Waals surface area contributed by atoms with Gasteiger partial charge in [-0.1, -0.05) is 0 Å². The molecule has 0 aromatic heterocycles. The first-order chi connectivity index (χ1) is 4.77. The van der Waals surface area contributed by atoms with Crippen LogP contribution in [0.25, 0.3) is 0 Å². The predicted octanol–water partition coefficient (Wildman–Crippen LogP) is 0.528. The van der Waals surface area contributed by atoms with Gasteiger partial charge in [0.2, 0.25) is 0 Å². The second-order valence-electron chi connectivity index (χ2n) is 3.70. The number of aliphatic hydroxyl groups excluding tert-OH is 2. The molecular formula is C8H14O2. The Morgan fingerprint density at radius 3 is 1.40 bits per heavy atom. The molecule has 2 nitrogen and oxygen atoms in total. The minimum absolute atomic E-state index is 0.109. The zero-order valence-corrected chi connectivity index (χ0v) is 6.03.